The molecule has 0 saturated heterocycles. The van der Waals surface area contributed by atoms with E-state index in [0.717, 1.165) is 16.9 Å². The van der Waals surface area contributed by atoms with Gasteiger partial charge < -0.3 is 9.84 Å². The molecule has 0 spiro atoms. The van der Waals surface area contributed by atoms with Crippen LogP contribution in [-0.4, -0.2) is 18.4 Å². The van der Waals surface area contributed by atoms with Crippen molar-refractivity contribution < 1.29 is 9.84 Å². The Morgan fingerprint density at radius 2 is 1.83 bits per heavy atom. The van der Waals surface area contributed by atoms with Gasteiger partial charge in [0.2, 0.25) is 0 Å². The molecule has 2 rings (SSSR count). The third-order valence-corrected chi connectivity index (χ3v) is 2.60. The summed E-state index contributed by atoms with van der Waals surface area (Å²) in [5.74, 6) is 0.996. The lowest BCUT2D eigenvalue weighted by atomic mass is 10.2. The third-order valence-electron chi connectivity index (χ3n) is 2.60. The molecule has 2 aromatic rings. The SMILES string of the molecule is COc1ccc(C=Nc2cc(C)ccc2O)cc1. The molecule has 0 aromatic heterocycles. The summed E-state index contributed by atoms with van der Waals surface area (Å²) in [4.78, 5) is 4.28. The molecule has 0 amide bonds. The molecule has 0 saturated carbocycles. The van der Waals surface area contributed by atoms with Gasteiger partial charge in [-0.1, -0.05) is 6.07 Å². The van der Waals surface area contributed by atoms with Crippen LogP contribution in [0.25, 0.3) is 0 Å². The molecule has 3 nitrogen and oxygen atoms in total. The zero-order valence-corrected chi connectivity index (χ0v) is 10.4. The van der Waals surface area contributed by atoms with Crippen LogP contribution >= 0.6 is 0 Å². The molecule has 0 fully saturated rings. The quantitative estimate of drug-likeness (QED) is 0.836. The molecule has 0 heterocycles. The van der Waals surface area contributed by atoms with Crippen molar-refractivity contribution in [2.75, 3.05) is 7.11 Å². The fourth-order valence-electron chi connectivity index (χ4n) is 1.57. The summed E-state index contributed by atoms with van der Waals surface area (Å²) in [7, 11) is 1.63. The minimum Gasteiger partial charge on any atom is -0.506 e. The molecule has 0 aliphatic carbocycles. The van der Waals surface area contributed by atoms with E-state index in [1.54, 1.807) is 19.4 Å². The Labute approximate surface area is 106 Å². The van der Waals surface area contributed by atoms with E-state index in [1.165, 1.54) is 0 Å². The van der Waals surface area contributed by atoms with Gasteiger partial charge >= 0.3 is 0 Å². The van der Waals surface area contributed by atoms with Gasteiger partial charge in [-0.25, -0.2) is 0 Å². The van der Waals surface area contributed by atoms with Crippen LogP contribution in [0, 0.1) is 6.92 Å². The van der Waals surface area contributed by atoms with Gasteiger partial charge in [0.1, 0.15) is 17.2 Å². The number of methoxy groups -OCH3 is 1. The number of aryl methyl sites for hydroxylation is 1. The van der Waals surface area contributed by atoms with Gasteiger partial charge in [0.05, 0.1) is 7.11 Å². The van der Waals surface area contributed by atoms with Crippen molar-refractivity contribution in [3.05, 3.63) is 53.6 Å². The van der Waals surface area contributed by atoms with Crippen LogP contribution in [0.3, 0.4) is 0 Å². The number of phenolic OH excluding ortho intramolecular Hbond substituents is 1. The fraction of sp³-hybridized carbons (Fsp3) is 0.133. The predicted molar refractivity (Wildman–Crippen MR) is 73.1 cm³/mol. The first-order chi connectivity index (χ1) is 8.69. The second-order valence-electron chi connectivity index (χ2n) is 4.02. The van der Waals surface area contributed by atoms with E-state index in [9.17, 15) is 5.11 Å². The van der Waals surface area contributed by atoms with Crippen molar-refractivity contribution >= 4 is 11.9 Å². The summed E-state index contributed by atoms with van der Waals surface area (Å²) in [6.07, 6.45) is 1.72. The summed E-state index contributed by atoms with van der Waals surface area (Å²) in [6, 6.07) is 12.9. The number of hydrogen-bond acceptors (Lipinski definition) is 3. The molecule has 18 heavy (non-hydrogen) atoms. The summed E-state index contributed by atoms with van der Waals surface area (Å²) in [5.41, 5.74) is 2.59. The van der Waals surface area contributed by atoms with Gasteiger partial charge in [0.25, 0.3) is 0 Å². The minimum absolute atomic E-state index is 0.186. The van der Waals surface area contributed by atoms with Crippen molar-refractivity contribution in [2.24, 2.45) is 4.99 Å². The number of phenols is 1. The highest BCUT2D eigenvalue weighted by Crippen LogP contribution is 2.26. The number of ether oxygens (including phenoxy) is 1. The summed E-state index contributed by atoms with van der Waals surface area (Å²) < 4.78 is 5.08. The van der Waals surface area contributed by atoms with E-state index < -0.39 is 0 Å². The van der Waals surface area contributed by atoms with Gasteiger partial charge in [0, 0.05) is 6.21 Å². The average molecular weight is 241 g/mol. The molecule has 3 heteroatoms. The van der Waals surface area contributed by atoms with Gasteiger partial charge in [-0.15, -0.1) is 0 Å². The molecule has 0 atom stereocenters. The van der Waals surface area contributed by atoms with Gasteiger partial charge in [0.15, 0.2) is 0 Å². The monoisotopic (exact) mass is 241 g/mol. The Morgan fingerprint density at radius 3 is 2.50 bits per heavy atom. The molecule has 92 valence electrons. The maximum atomic E-state index is 9.66. The lowest BCUT2D eigenvalue weighted by Gasteiger charge is -2.01. The molecule has 0 aliphatic rings. The first-order valence-electron chi connectivity index (χ1n) is 5.67. The molecular weight excluding hydrogens is 226 g/mol. The van der Waals surface area contributed by atoms with Gasteiger partial charge in [-0.05, 0) is 54.4 Å². The predicted octanol–water partition coefficient (Wildman–Crippen LogP) is 3.46. The van der Waals surface area contributed by atoms with E-state index in [0.29, 0.717) is 5.69 Å². The summed E-state index contributed by atoms with van der Waals surface area (Å²) >= 11 is 0. The van der Waals surface area contributed by atoms with Crippen molar-refractivity contribution in [1.82, 2.24) is 0 Å². The Kier molecular flexibility index (Phi) is 3.63. The Balaban J connectivity index is 2.21. The standard InChI is InChI=1S/C15H15NO2/c1-11-3-8-15(17)14(9-11)16-10-12-4-6-13(18-2)7-5-12/h3-10,17H,1-2H3. The van der Waals surface area contributed by atoms with Crippen molar-refractivity contribution in [2.45, 2.75) is 6.92 Å². The van der Waals surface area contributed by atoms with E-state index >= 15 is 0 Å². The fourth-order valence-corrected chi connectivity index (χ4v) is 1.57. The molecule has 0 radical (unpaired) electrons. The maximum Gasteiger partial charge on any atom is 0.141 e. The lowest BCUT2D eigenvalue weighted by Crippen LogP contribution is -1.84. The highest BCUT2D eigenvalue weighted by Gasteiger charge is 1.98. The van der Waals surface area contributed by atoms with Crippen LogP contribution in [0.2, 0.25) is 0 Å². The molecule has 0 unspecified atom stereocenters. The van der Waals surface area contributed by atoms with Crippen LogP contribution in [-0.2, 0) is 0 Å². The number of hydrogen-bond donors (Lipinski definition) is 1. The van der Waals surface area contributed by atoms with Crippen LogP contribution in [0.1, 0.15) is 11.1 Å². The maximum absolute atomic E-state index is 9.66. The Hall–Kier alpha value is -2.29. The highest BCUT2D eigenvalue weighted by molar-refractivity contribution is 5.82. The number of aliphatic imine (C=N–C) groups is 1. The second kappa shape index (κ2) is 5.36. The van der Waals surface area contributed by atoms with Crippen LogP contribution in [0.15, 0.2) is 47.5 Å². The van der Waals surface area contributed by atoms with Crippen LogP contribution < -0.4 is 4.74 Å². The number of aromatic hydroxyl groups is 1. The molecule has 0 bridgehead atoms. The smallest absolute Gasteiger partial charge is 0.141 e. The number of nitrogens with zero attached hydrogens (tertiary/aromatic N) is 1. The third kappa shape index (κ3) is 2.88. The topological polar surface area (TPSA) is 41.8 Å². The zero-order chi connectivity index (χ0) is 13.0. The second-order valence-corrected chi connectivity index (χ2v) is 4.02. The van der Waals surface area contributed by atoms with Gasteiger partial charge in [-0.3, -0.25) is 4.99 Å². The van der Waals surface area contributed by atoms with Gasteiger partial charge in [-0.2, -0.15) is 0 Å². The van der Waals surface area contributed by atoms with E-state index in [1.807, 2.05) is 43.3 Å². The van der Waals surface area contributed by atoms with Crippen LogP contribution in [0.4, 0.5) is 5.69 Å². The number of rotatable bonds is 3. The largest absolute Gasteiger partial charge is 0.506 e. The summed E-state index contributed by atoms with van der Waals surface area (Å²) in [6.45, 7) is 1.96. The summed E-state index contributed by atoms with van der Waals surface area (Å²) in [5, 5.41) is 9.66. The van der Waals surface area contributed by atoms with E-state index in [2.05, 4.69) is 4.99 Å². The normalized spacial score (nSPS) is 10.8. The number of benzene rings is 2. The molecular formula is C15H15NO2. The van der Waals surface area contributed by atoms with Crippen molar-refractivity contribution in [1.29, 1.82) is 0 Å². The highest BCUT2D eigenvalue weighted by atomic mass is 16.5. The van der Waals surface area contributed by atoms with E-state index in [4.69, 9.17) is 4.74 Å². The Morgan fingerprint density at radius 1 is 1.11 bits per heavy atom. The molecule has 1 N–H and O–H groups in total. The minimum atomic E-state index is 0.186. The average Bonchev–Trinajstić information content (AvgIpc) is 2.40. The Bertz CT molecular complexity index is 559. The molecule has 2 aromatic carbocycles. The van der Waals surface area contributed by atoms with Crippen molar-refractivity contribution in [3.8, 4) is 11.5 Å². The van der Waals surface area contributed by atoms with Crippen molar-refractivity contribution in [3.63, 3.8) is 0 Å². The lowest BCUT2D eigenvalue weighted by molar-refractivity contribution is 0.415. The zero-order valence-electron chi connectivity index (χ0n) is 10.4. The van der Waals surface area contributed by atoms with E-state index in [-0.39, 0.29) is 5.75 Å². The molecule has 0 aliphatic heterocycles. The first kappa shape index (κ1) is 12.2. The van der Waals surface area contributed by atoms with Crippen LogP contribution in [0.5, 0.6) is 11.5 Å². The first-order valence-corrected chi connectivity index (χ1v) is 5.67.